The Balaban J connectivity index is 2.07. The molecule has 0 spiro atoms. The van der Waals surface area contributed by atoms with Gasteiger partial charge in [-0.25, -0.2) is 4.98 Å². The highest BCUT2D eigenvalue weighted by Crippen LogP contribution is 2.38. The lowest BCUT2D eigenvalue weighted by atomic mass is 10.1. The maximum absolute atomic E-state index is 13.0. The number of halogens is 3. The van der Waals surface area contributed by atoms with Crippen molar-refractivity contribution >= 4 is 0 Å². The predicted molar refractivity (Wildman–Crippen MR) is 64.7 cm³/mol. The average molecular weight is 291 g/mol. The van der Waals surface area contributed by atoms with Crippen LogP contribution in [-0.4, -0.2) is 36.5 Å². The van der Waals surface area contributed by atoms with Gasteiger partial charge < -0.3 is 14.6 Å². The Morgan fingerprint density at radius 3 is 2.70 bits per heavy atom. The molecule has 1 aromatic heterocycles. The van der Waals surface area contributed by atoms with E-state index in [1.165, 1.54) is 0 Å². The van der Waals surface area contributed by atoms with E-state index >= 15 is 0 Å². The van der Waals surface area contributed by atoms with Crippen LogP contribution in [0.4, 0.5) is 13.2 Å². The highest BCUT2D eigenvalue weighted by molar-refractivity contribution is 5.39. The van der Waals surface area contributed by atoms with E-state index in [-0.39, 0.29) is 32.3 Å². The van der Waals surface area contributed by atoms with Crippen molar-refractivity contribution in [1.29, 1.82) is 0 Å². The number of alkyl halides is 3. The summed E-state index contributed by atoms with van der Waals surface area (Å²) in [5.74, 6) is -0.0226. The zero-order chi connectivity index (χ0) is 14.6. The molecular weight excluding hydrogens is 275 g/mol. The zero-order valence-corrected chi connectivity index (χ0v) is 10.9. The second-order valence-corrected chi connectivity index (χ2v) is 4.47. The molecule has 1 aromatic rings. The summed E-state index contributed by atoms with van der Waals surface area (Å²) in [6.07, 6.45) is -2.73. The highest BCUT2D eigenvalue weighted by atomic mass is 19.4. The third-order valence-electron chi connectivity index (χ3n) is 3.05. The first-order valence-electron chi connectivity index (χ1n) is 6.43. The van der Waals surface area contributed by atoms with Crippen LogP contribution < -0.4 is 4.74 Å². The van der Waals surface area contributed by atoms with Crippen LogP contribution in [0.3, 0.4) is 0 Å². The fourth-order valence-corrected chi connectivity index (χ4v) is 2.22. The SMILES string of the molecule is OCCOCCOc1cc(C(F)(F)F)c2c(n1)CCC2. The molecule has 0 radical (unpaired) electrons. The minimum atomic E-state index is -4.39. The van der Waals surface area contributed by atoms with E-state index in [9.17, 15) is 13.2 Å². The Morgan fingerprint density at radius 2 is 2.00 bits per heavy atom. The van der Waals surface area contributed by atoms with Crippen LogP contribution in [0.5, 0.6) is 5.88 Å². The average Bonchev–Trinajstić information content (AvgIpc) is 2.84. The molecule has 0 saturated heterocycles. The molecule has 7 heteroatoms. The summed E-state index contributed by atoms with van der Waals surface area (Å²) in [6.45, 7) is 0.369. The molecular formula is C13H16F3NO3. The summed E-state index contributed by atoms with van der Waals surface area (Å²) in [4.78, 5) is 4.12. The number of aliphatic hydroxyl groups is 1. The van der Waals surface area contributed by atoms with E-state index in [1.807, 2.05) is 0 Å². The number of ether oxygens (including phenoxy) is 2. The van der Waals surface area contributed by atoms with Crippen LogP contribution in [0, 0.1) is 0 Å². The minimum Gasteiger partial charge on any atom is -0.475 e. The van der Waals surface area contributed by atoms with Gasteiger partial charge in [-0.1, -0.05) is 0 Å². The highest BCUT2D eigenvalue weighted by Gasteiger charge is 2.36. The number of aromatic nitrogens is 1. The molecule has 20 heavy (non-hydrogen) atoms. The van der Waals surface area contributed by atoms with Gasteiger partial charge in [0.05, 0.1) is 25.4 Å². The molecule has 1 aliphatic rings. The molecule has 0 fully saturated rings. The first-order chi connectivity index (χ1) is 9.52. The van der Waals surface area contributed by atoms with E-state index in [0.29, 0.717) is 30.5 Å². The second-order valence-electron chi connectivity index (χ2n) is 4.47. The van der Waals surface area contributed by atoms with Crippen LogP contribution in [-0.2, 0) is 23.8 Å². The molecule has 1 N–H and O–H groups in total. The normalized spacial score (nSPS) is 14.4. The number of hydrogen-bond acceptors (Lipinski definition) is 4. The minimum absolute atomic E-state index is 0.0226. The van der Waals surface area contributed by atoms with Gasteiger partial charge in [0.1, 0.15) is 6.61 Å². The number of hydrogen-bond donors (Lipinski definition) is 1. The van der Waals surface area contributed by atoms with Crippen molar-refractivity contribution in [3.63, 3.8) is 0 Å². The fourth-order valence-electron chi connectivity index (χ4n) is 2.22. The van der Waals surface area contributed by atoms with Crippen molar-refractivity contribution in [1.82, 2.24) is 4.98 Å². The fraction of sp³-hybridized carbons (Fsp3) is 0.615. The van der Waals surface area contributed by atoms with Crippen molar-refractivity contribution in [2.75, 3.05) is 26.4 Å². The standard InChI is InChI=1S/C13H16F3NO3/c14-13(15,16)10-8-12(20-7-6-19-5-4-18)17-11-3-1-2-9(10)11/h8,18H,1-7H2. The summed E-state index contributed by atoms with van der Waals surface area (Å²) >= 11 is 0. The summed E-state index contributed by atoms with van der Waals surface area (Å²) in [7, 11) is 0. The van der Waals surface area contributed by atoms with E-state index in [0.717, 1.165) is 6.07 Å². The van der Waals surface area contributed by atoms with Crippen molar-refractivity contribution in [2.24, 2.45) is 0 Å². The monoisotopic (exact) mass is 291 g/mol. The van der Waals surface area contributed by atoms with Crippen LogP contribution in [0.15, 0.2) is 6.07 Å². The molecule has 0 aliphatic heterocycles. The molecule has 0 unspecified atom stereocenters. The lowest BCUT2D eigenvalue weighted by molar-refractivity contribution is -0.138. The summed E-state index contributed by atoms with van der Waals surface area (Å²) in [5.41, 5.74) is 0.124. The number of aryl methyl sites for hydroxylation is 1. The summed E-state index contributed by atoms with van der Waals surface area (Å²) in [5, 5.41) is 8.51. The van der Waals surface area contributed by atoms with Crippen molar-refractivity contribution < 1.29 is 27.8 Å². The molecule has 0 atom stereocenters. The summed E-state index contributed by atoms with van der Waals surface area (Å²) in [6, 6.07) is 0.955. The van der Waals surface area contributed by atoms with Gasteiger partial charge in [-0.3, -0.25) is 0 Å². The third kappa shape index (κ3) is 3.61. The van der Waals surface area contributed by atoms with Gasteiger partial charge in [-0.2, -0.15) is 13.2 Å². The Kier molecular flexibility index (Phi) is 4.82. The first kappa shape index (κ1) is 15.1. The molecule has 2 rings (SSSR count). The smallest absolute Gasteiger partial charge is 0.416 e. The van der Waals surface area contributed by atoms with Crippen molar-refractivity contribution in [2.45, 2.75) is 25.4 Å². The van der Waals surface area contributed by atoms with Gasteiger partial charge in [0, 0.05) is 11.8 Å². The lowest BCUT2D eigenvalue weighted by Gasteiger charge is -2.14. The van der Waals surface area contributed by atoms with Gasteiger partial charge in [0.15, 0.2) is 0 Å². The van der Waals surface area contributed by atoms with Gasteiger partial charge in [-0.15, -0.1) is 0 Å². The Morgan fingerprint density at radius 1 is 1.20 bits per heavy atom. The number of pyridine rings is 1. The predicted octanol–water partition coefficient (Wildman–Crippen LogP) is 1.98. The van der Waals surface area contributed by atoms with Crippen molar-refractivity contribution in [3.05, 3.63) is 22.9 Å². The van der Waals surface area contributed by atoms with Gasteiger partial charge in [0.25, 0.3) is 0 Å². The molecule has 0 bridgehead atoms. The Hall–Kier alpha value is -1.34. The van der Waals surface area contributed by atoms with Gasteiger partial charge in [-0.05, 0) is 24.8 Å². The largest absolute Gasteiger partial charge is 0.475 e. The van der Waals surface area contributed by atoms with E-state index in [1.54, 1.807) is 0 Å². The number of aliphatic hydroxyl groups excluding tert-OH is 1. The quantitative estimate of drug-likeness (QED) is 0.814. The van der Waals surface area contributed by atoms with Crippen molar-refractivity contribution in [3.8, 4) is 5.88 Å². The Labute approximate surface area is 114 Å². The number of fused-ring (bicyclic) bond motifs is 1. The molecule has 0 saturated carbocycles. The van der Waals surface area contributed by atoms with E-state index in [2.05, 4.69) is 4.98 Å². The van der Waals surface area contributed by atoms with E-state index < -0.39 is 11.7 Å². The van der Waals surface area contributed by atoms with Crippen LogP contribution in [0.25, 0.3) is 0 Å². The topological polar surface area (TPSA) is 51.6 Å². The maximum Gasteiger partial charge on any atom is 0.416 e. The summed E-state index contributed by atoms with van der Waals surface area (Å²) < 4.78 is 49.1. The molecule has 4 nitrogen and oxygen atoms in total. The van der Waals surface area contributed by atoms with Gasteiger partial charge >= 0.3 is 6.18 Å². The first-order valence-corrected chi connectivity index (χ1v) is 6.43. The maximum atomic E-state index is 13.0. The number of rotatable bonds is 6. The van der Waals surface area contributed by atoms with E-state index in [4.69, 9.17) is 14.6 Å². The Bertz CT molecular complexity index is 463. The van der Waals surface area contributed by atoms with Gasteiger partial charge in [0.2, 0.25) is 5.88 Å². The molecule has 112 valence electrons. The second kappa shape index (κ2) is 6.41. The van der Waals surface area contributed by atoms with Crippen LogP contribution >= 0.6 is 0 Å². The lowest BCUT2D eigenvalue weighted by Crippen LogP contribution is -2.13. The van der Waals surface area contributed by atoms with Crippen LogP contribution in [0.2, 0.25) is 0 Å². The molecule has 0 amide bonds. The number of nitrogens with zero attached hydrogens (tertiary/aromatic N) is 1. The van der Waals surface area contributed by atoms with Crippen LogP contribution in [0.1, 0.15) is 23.2 Å². The zero-order valence-electron chi connectivity index (χ0n) is 10.9. The third-order valence-corrected chi connectivity index (χ3v) is 3.05. The molecule has 1 heterocycles. The molecule has 1 aliphatic carbocycles. The molecule has 0 aromatic carbocycles.